The number of hydrogen-bond donors (Lipinski definition) is 0. The van der Waals surface area contributed by atoms with Crippen molar-refractivity contribution in [1.29, 1.82) is 5.26 Å². The summed E-state index contributed by atoms with van der Waals surface area (Å²) in [7, 11) is 1.38. The maximum atomic E-state index is 7.72. The number of nitrogens with zero attached hydrogens (tertiary/aromatic N) is 2. The quantitative estimate of drug-likeness (QED) is 0.335. The summed E-state index contributed by atoms with van der Waals surface area (Å²) in [4.78, 5) is 4.13. The molecule has 0 N–H and O–H groups in total. The fraction of sp³-hybridized carbons (Fsp3) is 0.333. The summed E-state index contributed by atoms with van der Waals surface area (Å²) in [6.07, 6.45) is 1.01. The zero-order chi connectivity index (χ0) is 4.83. The highest BCUT2D eigenvalue weighted by atomic mass is 16.6. The molecular formula is C3H4N2O. The molecule has 0 aromatic rings. The summed E-state index contributed by atoms with van der Waals surface area (Å²) in [5.74, 6) is 0. The Morgan fingerprint density at radius 1 is 2.00 bits per heavy atom. The lowest BCUT2D eigenvalue weighted by atomic mass is 10.9. The topological polar surface area (TPSA) is 45.4 Å². The van der Waals surface area contributed by atoms with E-state index in [1.807, 2.05) is 0 Å². The first-order valence-corrected chi connectivity index (χ1v) is 1.36. The zero-order valence-electron chi connectivity index (χ0n) is 3.38. The highest BCUT2D eigenvalue weighted by molar-refractivity contribution is 5.74. The Hall–Kier alpha value is -1.04. The van der Waals surface area contributed by atoms with Gasteiger partial charge in [0.15, 0.2) is 0 Å². The summed E-state index contributed by atoms with van der Waals surface area (Å²) < 4.78 is 0. The van der Waals surface area contributed by atoms with Gasteiger partial charge in [0.25, 0.3) is 0 Å². The maximum absolute atomic E-state index is 7.72. The molecule has 0 spiro atoms. The first-order chi connectivity index (χ1) is 2.91. The molecule has 0 saturated heterocycles. The van der Waals surface area contributed by atoms with Crippen LogP contribution in [0.2, 0.25) is 0 Å². The fourth-order valence-electron chi connectivity index (χ4n) is 0.0763. The van der Waals surface area contributed by atoms with Gasteiger partial charge in [0.2, 0.25) is 0 Å². The van der Waals surface area contributed by atoms with E-state index in [-0.39, 0.29) is 0 Å². The lowest BCUT2D eigenvalue weighted by Gasteiger charge is -1.74. The van der Waals surface area contributed by atoms with Crippen LogP contribution in [-0.2, 0) is 4.84 Å². The lowest BCUT2D eigenvalue weighted by molar-refractivity contribution is 0.216. The van der Waals surface area contributed by atoms with Crippen molar-refractivity contribution in [3.05, 3.63) is 0 Å². The first-order valence-electron chi connectivity index (χ1n) is 1.36. The molecule has 0 radical (unpaired) electrons. The van der Waals surface area contributed by atoms with Crippen LogP contribution in [0, 0.1) is 11.3 Å². The van der Waals surface area contributed by atoms with Crippen LogP contribution in [0.4, 0.5) is 0 Å². The molecule has 32 valence electrons. The average molecular weight is 84.1 g/mol. The molecule has 3 heteroatoms. The first kappa shape index (κ1) is 4.96. The molecule has 0 amide bonds. The van der Waals surface area contributed by atoms with Crippen molar-refractivity contribution in [2.45, 2.75) is 0 Å². The van der Waals surface area contributed by atoms with Crippen LogP contribution < -0.4 is 0 Å². The van der Waals surface area contributed by atoms with Gasteiger partial charge in [-0.05, 0) is 0 Å². The van der Waals surface area contributed by atoms with E-state index in [0.29, 0.717) is 0 Å². The maximum Gasteiger partial charge on any atom is 0.143 e. The number of oxime groups is 1. The molecule has 0 heterocycles. The average Bonchev–Trinajstić information content (AvgIpc) is 1.61. The summed E-state index contributed by atoms with van der Waals surface area (Å²) >= 11 is 0. The van der Waals surface area contributed by atoms with Gasteiger partial charge in [-0.25, -0.2) is 0 Å². The minimum Gasteiger partial charge on any atom is -0.399 e. The highest BCUT2D eigenvalue weighted by Crippen LogP contribution is 1.57. The minimum atomic E-state index is 1.01. The summed E-state index contributed by atoms with van der Waals surface area (Å²) in [6, 6.07) is 1.65. The molecule has 0 atom stereocenters. The van der Waals surface area contributed by atoms with Gasteiger partial charge in [0.1, 0.15) is 19.4 Å². The van der Waals surface area contributed by atoms with Gasteiger partial charge < -0.3 is 4.84 Å². The number of nitriles is 1. The van der Waals surface area contributed by atoms with Crippen LogP contribution in [0.3, 0.4) is 0 Å². The van der Waals surface area contributed by atoms with E-state index < -0.39 is 0 Å². The minimum absolute atomic E-state index is 1.01. The third kappa shape index (κ3) is 2.96. The molecule has 0 aliphatic carbocycles. The normalized spacial score (nSPS) is 8.00. The molecule has 0 aromatic heterocycles. The van der Waals surface area contributed by atoms with Crippen molar-refractivity contribution in [1.82, 2.24) is 0 Å². The van der Waals surface area contributed by atoms with Crippen LogP contribution in [0.15, 0.2) is 5.16 Å². The van der Waals surface area contributed by atoms with Gasteiger partial charge in [0.05, 0.1) is 0 Å². The van der Waals surface area contributed by atoms with Crippen LogP contribution in [0.25, 0.3) is 0 Å². The van der Waals surface area contributed by atoms with Crippen LogP contribution in [0.1, 0.15) is 0 Å². The van der Waals surface area contributed by atoms with Gasteiger partial charge in [-0.2, -0.15) is 5.26 Å². The third-order valence-electron chi connectivity index (χ3n) is 0.216. The van der Waals surface area contributed by atoms with E-state index in [1.54, 1.807) is 6.07 Å². The molecule has 0 fully saturated rings. The lowest BCUT2D eigenvalue weighted by Crippen LogP contribution is -1.65. The molecule has 0 bridgehead atoms. The molecule has 6 heavy (non-hydrogen) atoms. The molecule has 0 aliphatic rings. The number of hydrogen-bond acceptors (Lipinski definition) is 3. The Kier molecular flexibility index (Phi) is 3.27. The van der Waals surface area contributed by atoms with Crippen molar-refractivity contribution < 1.29 is 4.84 Å². The predicted molar refractivity (Wildman–Crippen MR) is 21.1 cm³/mol. The third-order valence-corrected chi connectivity index (χ3v) is 0.216. The van der Waals surface area contributed by atoms with E-state index in [9.17, 15) is 0 Å². The van der Waals surface area contributed by atoms with E-state index in [1.165, 1.54) is 7.11 Å². The molecular weight excluding hydrogens is 80.0 g/mol. The van der Waals surface area contributed by atoms with E-state index >= 15 is 0 Å². The molecule has 0 saturated carbocycles. The van der Waals surface area contributed by atoms with Gasteiger partial charge in [-0.3, -0.25) is 0 Å². The monoisotopic (exact) mass is 84.0 g/mol. The van der Waals surface area contributed by atoms with E-state index in [4.69, 9.17) is 5.26 Å². The Morgan fingerprint density at radius 2 is 2.67 bits per heavy atom. The fourth-order valence-corrected chi connectivity index (χ4v) is 0.0763. The molecule has 0 aliphatic heterocycles. The largest absolute Gasteiger partial charge is 0.399 e. The molecule has 3 nitrogen and oxygen atoms in total. The van der Waals surface area contributed by atoms with Crippen LogP contribution in [-0.4, -0.2) is 13.3 Å². The van der Waals surface area contributed by atoms with Crippen molar-refractivity contribution in [3.63, 3.8) is 0 Å². The Bertz CT molecular complexity index is 81.3. The molecule has 0 unspecified atom stereocenters. The Morgan fingerprint density at radius 3 is 2.83 bits per heavy atom. The SMILES string of the molecule is CO/N=C/C#N. The Labute approximate surface area is 35.8 Å². The molecule has 0 rings (SSSR count). The summed E-state index contributed by atoms with van der Waals surface area (Å²) in [6.45, 7) is 0. The van der Waals surface area contributed by atoms with E-state index in [2.05, 4.69) is 9.99 Å². The summed E-state index contributed by atoms with van der Waals surface area (Å²) in [5, 5.41) is 10.8. The standard InChI is InChI=1S/C3H4N2O/c1-6-5-3-2-4/h3H,1H3/b5-3+. The van der Waals surface area contributed by atoms with Crippen molar-refractivity contribution >= 4 is 6.21 Å². The predicted octanol–water partition coefficient (Wildman–Crippen LogP) is 0.142. The van der Waals surface area contributed by atoms with Crippen LogP contribution in [0.5, 0.6) is 0 Å². The smallest absolute Gasteiger partial charge is 0.143 e. The van der Waals surface area contributed by atoms with Crippen molar-refractivity contribution in [3.8, 4) is 6.07 Å². The number of rotatable bonds is 1. The summed E-state index contributed by atoms with van der Waals surface area (Å²) in [5.41, 5.74) is 0. The van der Waals surface area contributed by atoms with Crippen molar-refractivity contribution in [2.24, 2.45) is 5.16 Å². The van der Waals surface area contributed by atoms with Gasteiger partial charge >= 0.3 is 0 Å². The van der Waals surface area contributed by atoms with Crippen molar-refractivity contribution in [2.75, 3.05) is 7.11 Å². The van der Waals surface area contributed by atoms with E-state index in [0.717, 1.165) is 6.21 Å². The second-order valence-corrected chi connectivity index (χ2v) is 0.546. The molecule has 0 aromatic carbocycles. The van der Waals surface area contributed by atoms with Gasteiger partial charge in [0, 0.05) is 0 Å². The van der Waals surface area contributed by atoms with Gasteiger partial charge in [-0.1, -0.05) is 5.16 Å². The zero-order valence-corrected chi connectivity index (χ0v) is 3.38. The second-order valence-electron chi connectivity index (χ2n) is 0.546. The van der Waals surface area contributed by atoms with Gasteiger partial charge in [-0.15, -0.1) is 0 Å². The second kappa shape index (κ2) is 3.96. The Balaban J connectivity index is 3.02. The van der Waals surface area contributed by atoms with Crippen LogP contribution >= 0.6 is 0 Å². The highest BCUT2D eigenvalue weighted by Gasteiger charge is 1.55.